The highest BCUT2D eigenvalue weighted by Crippen LogP contribution is 2.39. The molecule has 144 valence electrons. The number of aliphatic hydroxyl groups is 1. The van der Waals surface area contributed by atoms with Gasteiger partial charge in [0, 0.05) is 30.7 Å². The van der Waals surface area contributed by atoms with E-state index in [-0.39, 0.29) is 23.8 Å². The summed E-state index contributed by atoms with van der Waals surface area (Å²) in [5, 5.41) is 12.6. The minimum atomic E-state index is -0.162. The third-order valence-electron chi connectivity index (χ3n) is 5.82. The number of carbonyl (C=O) groups excluding carboxylic acids is 1. The molecule has 6 nitrogen and oxygen atoms in total. The van der Waals surface area contributed by atoms with Crippen LogP contribution in [0.5, 0.6) is 0 Å². The van der Waals surface area contributed by atoms with Gasteiger partial charge in [-0.3, -0.25) is 4.79 Å². The van der Waals surface area contributed by atoms with Gasteiger partial charge >= 0.3 is 0 Å². The zero-order valence-electron chi connectivity index (χ0n) is 16.1. The molecule has 0 aromatic carbocycles. The molecule has 1 amide bonds. The van der Waals surface area contributed by atoms with Crippen LogP contribution in [0.2, 0.25) is 0 Å². The Morgan fingerprint density at radius 3 is 2.42 bits per heavy atom. The summed E-state index contributed by atoms with van der Waals surface area (Å²) >= 11 is 0. The number of amides is 1. The molecule has 1 aliphatic heterocycles. The maximum absolute atomic E-state index is 12.7. The van der Waals surface area contributed by atoms with Crippen molar-refractivity contribution in [3.05, 3.63) is 17.5 Å². The Morgan fingerprint density at radius 1 is 1.19 bits per heavy atom. The van der Waals surface area contributed by atoms with E-state index in [0.29, 0.717) is 18.2 Å². The molecule has 0 atom stereocenters. The predicted molar refractivity (Wildman–Crippen MR) is 103 cm³/mol. The average Bonchev–Trinajstić information content (AvgIpc) is 2.90. The van der Waals surface area contributed by atoms with Crippen LogP contribution in [0.15, 0.2) is 6.07 Å². The van der Waals surface area contributed by atoms with Gasteiger partial charge in [-0.2, -0.15) is 0 Å². The zero-order valence-corrected chi connectivity index (χ0v) is 16.1. The van der Waals surface area contributed by atoms with Crippen LogP contribution >= 0.6 is 0 Å². The number of aliphatic hydroxyl groups excluding tert-OH is 1. The van der Waals surface area contributed by atoms with Crippen molar-refractivity contribution in [1.82, 2.24) is 15.3 Å². The molecular formula is C20H32N4O2. The summed E-state index contributed by atoms with van der Waals surface area (Å²) in [7, 11) is 0. The summed E-state index contributed by atoms with van der Waals surface area (Å²) < 4.78 is 0. The normalized spacial score (nSPS) is 19.8. The maximum Gasteiger partial charge on any atom is 0.270 e. The summed E-state index contributed by atoms with van der Waals surface area (Å²) in [6.45, 7) is 6.73. The van der Waals surface area contributed by atoms with Crippen LogP contribution in [0.3, 0.4) is 0 Å². The molecule has 6 heteroatoms. The number of anilines is 1. The monoisotopic (exact) mass is 360 g/mol. The van der Waals surface area contributed by atoms with E-state index in [1.165, 1.54) is 12.8 Å². The summed E-state index contributed by atoms with van der Waals surface area (Å²) in [4.78, 5) is 24.3. The highest BCUT2D eigenvalue weighted by Gasteiger charge is 2.36. The lowest BCUT2D eigenvalue weighted by Crippen LogP contribution is -2.44. The first-order valence-electron chi connectivity index (χ1n) is 10.1. The van der Waals surface area contributed by atoms with E-state index < -0.39 is 0 Å². The largest absolute Gasteiger partial charge is 0.396 e. The minimum absolute atomic E-state index is 0.128. The topological polar surface area (TPSA) is 78.3 Å². The van der Waals surface area contributed by atoms with Crippen molar-refractivity contribution in [1.29, 1.82) is 0 Å². The van der Waals surface area contributed by atoms with Crippen LogP contribution in [0.25, 0.3) is 0 Å². The summed E-state index contributed by atoms with van der Waals surface area (Å²) in [5.41, 5.74) is 1.22. The lowest BCUT2D eigenvalue weighted by atomic mass is 9.69. The van der Waals surface area contributed by atoms with E-state index in [1.807, 2.05) is 6.07 Å². The van der Waals surface area contributed by atoms with Crippen molar-refractivity contribution in [3.8, 4) is 0 Å². The van der Waals surface area contributed by atoms with Gasteiger partial charge in [0.05, 0.1) is 6.61 Å². The summed E-state index contributed by atoms with van der Waals surface area (Å²) in [6, 6.07) is 1.81. The van der Waals surface area contributed by atoms with Crippen LogP contribution in [0.1, 0.15) is 80.9 Å². The number of hydrogen-bond donors (Lipinski definition) is 2. The number of nitrogens with zero attached hydrogens (tertiary/aromatic N) is 3. The van der Waals surface area contributed by atoms with Gasteiger partial charge in [-0.1, -0.05) is 33.1 Å². The Hall–Kier alpha value is -1.69. The fourth-order valence-electron chi connectivity index (χ4n) is 3.70. The molecule has 0 radical (unpaired) electrons. The second kappa shape index (κ2) is 8.33. The van der Waals surface area contributed by atoms with Crippen molar-refractivity contribution in [2.45, 2.75) is 64.7 Å². The molecule has 0 spiro atoms. The Bertz CT molecular complexity index is 615. The van der Waals surface area contributed by atoms with Gasteiger partial charge in [0.15, 0.2) is 0 Å². The van der Waals surface area contributed by atoms with E-state index >= 15 is 0 Å². The van der Waals surface area contributed by atoms with Crippen molar-refractivity contribution >= 4 is 11.9 Å². The molecule has 0 unspecified atom stereocenters. The van der Waals surface area contributed by atoms with Crippen molar-refractivity contribution < 1.29 is 9.90 Å². The van der Waals surface area contributed by atoms with E-state index in [2.05, 4.69) is 29.0 Å². The first-order valence-corrected chi connectivity index (χ1v) is 10.1. The molecule has 1 aliphatic carbocycles. The lowest BCUT2D eigenvalue weighted by Gasteiger charge is -2.40. The van der Waals surface area contributed by atoms with Crippen LogP contribution in [-0.4, -0.2) is 47.2 Å². The highest BCUT2D eigenvalue weighted by molar-refractivity contribution is 5.92. The fourth-order valence-corrected chi connectivity index (χ4v) is 3.70. The molecular weight excluding hydrogens is 328 g/mol. The van der Waals surface area contributed by atoms with E-state index in [1.54, 1.807) is 0 Å². The van der Waals surface area contributed by atoms with E-state index in [9.17, 15) is 9.90 Å². The van der Waals surface area contributed by atoms with Crippen molar-refractivity contribution in [2.75, 3.05) is 31.1 Å². The smallest absolute Gasteiger partial charge is 0.270 e. The van der Waals surface area contributed by atoms with Crippen molar-refractivity contribution in [3.63, 3.8) is 0 Å². The first kappa shape index (κ1) is 19.1. The molecule has 1 aromatic rings. The number of hydrogen-bond acceptors (Lipinski definition) is 5. The third-order valence-corrected chi connectivity index (χ3v) is 5.82. The number of rotatable bonds is 6. The lowest BCUT2D eigenvalue weighted by molar-refractivity contribution is 0.0428. The zero-order chi connectivity index (χ0) is 18.6. The average molecular weight is 361 g/mol. The molecule has 2 aliphatic rings. The van der Waals surface area contributed by atoms with Crippen LogP contribution in [-0.2, 0) is 0 Å². The Morgan fingerprint density at radius 2 is 1.88 bits per heavy atom. The molecule has 26 heavy (non-hydrogen) atoms. The molecule has 0 bridgehead atoms. The molecule has 1 saturated carbocycles. The highest BCUT2D eigenvalue weighted by atomic mass is 16.3. The van der Waals surface area contributed by atoms with Crippen LogP contribution < -0.4 is 10.2 Å². The minimum Gasteiger partial charge on any atom is -0.396 e. The maximum atomic E-state index is 12.7. The Labute approximate surface area is 156 Å². The Balaban J connectivity index is 1.77. The second-order valence-electron chi connectivity index (χ2n) is 8.23. The second-order valence-corrected chi connectivity index (χ2v) is 8.23. The first-order chi connectivity index (χ1) is 12.5. The molecule has 3 rings (SSSR count). The van der Waals surface area contributed by atoms with E-state index in [4.69, 9.17) is 4.98 Å². The van der Waals surface area contributed by atoms with Gasteiger partial charge in [0.1, 0.15) is 5.69 Å². The molecule has 2 N–H and O–H groups in total. The van der Waals surface area contributed by atoms with Crippen molar-refractivity contribution in [2.24, 2.45) is 5.41 Å². The fraction of sp³-hybridized carbons (Fsp3) is 0.750. The van der Waals surface area contributed by atoms with Gasteiger partial charge in [-0.25, -0.2) is 9.97 Å². The van der Waals surface area contributed by atoms with Gasteiger partial charge in [-0.15, -0.1) is 0 Å². The molecule has 2 fully saturated rings. The quantitative estimate of drug-likeness (QED) is 0.815. The Kier molecular flexibility index (Phi) is 6.12. The van der Waals surface area contributed by atoms with Gasteiger partial charge < -0.3 is 15.3 Å². The predicted octanol–water partition coefficient (Wildman–Crippen LogP) is 2.87. The molecule has 1 saturated heterocycles. The standard InChI is InChI=1S/C20H32N4O2/c1-15(2)16-12-17(18(26)21-13-20(14-25)8-7-9-20)23-19(22-16)24-10-5-3-4-6-11-24/h12,15,25H,3-11,13-14H2,1-2H3,(H,21,26). The van der Waals surface area contributed by atoms with Gasteiger partial charge in [0.2, 0.25) is 5.95 Å². The summed E-state index contributed by atoms with van der Waals surface area (Å²) in [6.07, 6.45) is 7.87. The third kappa shape index (κ3) is 4.34. The van der Waals surface area contributed by atoms with E-state index in [0.717, 1.165) is 50.9 Å². The van der Waals surface area contributed by atoms with Crippen LogP contribution in [0.4, 0.5) is 5.95 Å². The number of carbonyl (C=O) groups is 1. The molecule has 1 aromatic heterocycles. The van der Waals surface area contributed by atoms with Gasteiger partial charge in [0.25, 0.3) is 5.91 Å². The number of aromatic nitrogens is 2. The van der Waals surface area contributed by atoms with Gasteiger partial charge in [-0.05, 0) is 37.7 Å². The molecule has 2 heterocycles. The summed E-state index contributed by atoms with van der Waals surface area (Å²) in [5.74, 6) is 0.763. The number of nitrogens with one attached hydrogen (secondary N) is 1. The van der Waals surface area contributed by atoms with Crippen LogP contribution in [0, 0.1) is 5.41 Å². The SMILES string of the molecule is CC(C)c1cc(C(=O)NCC2(CO)CCC2)nc(N2CCCCCC2)n1.